The number of carbonyl (C=O) groups excluding carboxylic acids is 1. The number of hydrogen-bond acceptors (Lipinski definition) is 3. The second-order valence-electron chi connectivity index (χ2n) is 4.12. The monoisotopic (exact) mass is 240 g/mol. The van der Waals surface area contributed by atoms with Crippen LogP contribution in [0.4, 0.5) is 4.39 Å². The highest BCUT2D eigenvalue weighted by atomic mass is 19.1. The van der Waals surface area contributed by atoms with E-state index in [-0.39, 0.29) is 17.1 Å². The van der Waals surface area contributed by atoms with Crippen LogP contribution in [0.3, 0.4) is 0 Å². The van der Waals surface area contributed by atoms with Crippen LogP contribution >= 0.6 is 0 Å². The number of halogens is 1. The van der Waals surface area contributed by atoms with Crippen molar-refractivity contribution < 1.29 is 18.7 Å². The van der Waals surface area contributed by atoms with E-state index in [9.17, 15) is 9.18 Å². The maximum Gasteiger partial charge on any atom is 0.194 e. The van der Waals surface area contributed by atoms with Gasteiger partial charge >= 0.3 is 0 Å². The van der Waals surface area contributed by atoms with Crippen LogP contribution in [-0.2, 0) is 4.74 Å². The number of Topliss-reactive ketones (excluding diaryl/α,β-unsaturated/α-hetero) is 1. The molecule has 1 aromatic rings. The molecule has 0 amide bonds. The van der Waals surface area contributed by atoms with Gasteiger partial charge in [0.1, 0.15) is 5.60 Å². The van der Waals surface area contributed by atoms with Crippen molar-refractivity contribution in [1.82, 2.24) is 0 Å². The largest absolute Gasteiger partial charge is 0.494 e. The Hall–Kier alpha value is -1.42. The zero-order valence-corrected chi connectivity index (χ0v) is 10.5. The Morgan fingerprint density at radius 2 is 2.06 bits per heavy atom. The molecule has 0 aliphatic carbocycles. The lowest BCUT2D eigenvalue weighted by Crippen LogP contribution is -2.35. The summed E-state index contributed by atoms with van der Waals surface area (Å²) in [6, 6.07) is 4.14. The molecule has 0 aromatic heterocycles. The molecule has 0 heterocycles. The minimum Gasteiger partial charge on any atom is -0.494 e. The standard InChI is InChI=1S/C13H17FO3/c1-5-17-13(2,3)12(15)9-6-7-11(16-4)10(14)8-9/h6-8H,5H2,1-4H3. The SMILES string of the molecule is CCOC(C)(C)C(=O)c1ccc(OC)c(F)c1. The van der Waals surface area contributed by atoms with Gasteiger partial charge in [-0.1, -0.05) is 0 Å². The van der Waals surface area contributed by atoms with E-state index in [2.05, 4.69) is 0 Å². The van der Waals surface area contributed by atoms with Crippen molar-refractivity contribution in [2.75, 3.05) is 13.7 Å². The number of hydrogen-bond donors (Lipinski definition) is 0. The zero-order chi connectivity index (χ0) is 13.1. The molecule has 0 radical (unpaired) electrons. The number of rotatable bonds is 5. The molecule has 0 unspecified atom stereocenters. The van der Waals surface area contributed by atoms with Gasteiger partial charge in [-0.2, -0.15) is 0 Å². The molecule has 17 heavy (non-hydrogen) atoms. The molecule has 0 bridgehead atoms. The average Bonchev–Trinajstić information content (AvgIpc) is 2.27. The molecule has 1 rings (SSSR count). The third-order valence-electron chi connectivity index (χ3n) is 2.47. The lowest BCUT2D eigenvalue weighted by atomic mass is 9.96. The maximum atomic E-state index is 13.5. The fourth-order valence-electron chi connectivity index (χ4n) is 1.58. The quantitative estimate of drug-likeness (QED) is 0.742. The molecule has 1 aromatic carbocycles. The van der Waals surface area contributed by atoms with Crippen molar-refractivity contribution in [3.8, 4) is 5.75 Å². The Kier molecular flexibility index (Phi) is 4.23. The van der Waals surface area contributed by atoms with Crippen molar-refractivity contribution in [2.24, 2.45) is 0 Å². The summed E-state index contributed by atoms with van der Waals surface area (Å²) in [5.74, 6) is -0.678. The van der Waals surface area contributed by atoms with Crippen LogP contribution in [0.15, 0.2) is 18.2 Å². The van der Waals surface area contributed by atoms with Gasteiger partial charge in [0.25, 0.3) is 0 Å². The predicted octanol–water partition coefficient (Wildman–Crippen LogP) is 2.83. The molecule has 3 nitrogen and oxygen atoms in total. The Balaban J connectivity index is 3.01. The molecule has 0 saturated carbocycles. The molecular weight excluding hydrogens is 223 g/mol. The first-order valence-electron chi connectivity index (χ1n) is 5.44. The van der Waals surface area contributed by atoms with Gasteiger partial charge in [-0.15, -0.1) is 0 Å². The van der Waals surface area contributed by atoms with Gasteiger partial charge in [0.05, 0.1) is 7.11 Å². The van der Waals surface area contributed by atoms with Gasteiger partial charge in [0.15, 0.2) is 17.3 Å². The molecule has 0 saturated heterocycles. The molecule has 94 valence electrons. The Labute approximate surface area is 101 Å². The molecule has 0 atom stereocenters. The van der Waals surface area contributed by atoms with E-state index in [1.165, 1.54) is 25.3 Å². The fraction of sp³-hybridized carbons (Fsp3) is 0.462. The number of methoxy groups -OCH3 is 1. The lowest BCUT2D eigenvalue weighted by Gasteiger charge is -2.23. The van der Waals surface area contributed by atoms with Crippen LogP contribution in [0.1, 0.15) is 31.1 Å². The first kappa shape index (κ1) is 13.6. The van der Waals surface area contributed by atoms with E-state index < -0.39 is 11.4 Å². The minimum absolute atomic E-state index is 0.121. The first-order valence-corrected chi connectivity index (χ1v) is 5.44. The normalized spacial score (nSPS) is 11.4. The van der Waals surface area contributed by atoms with Crippen molar-refractivity contribution >= 4 is 5.78 Å². The summed E-state index contributed by atoms with van der Waals surface area (Å²) >= 11 is 0. The molecule has 0 aliphatic rings. The average molecular weight is 240 g/mol. The van der Waals surface area contributed by atoms with Crippen molar-refractivity contribution in [1.29, 1.82) is 0 Å². The predicted molar refractivity (Wildman–Crippen MR) is 63.0 cm³/mol. The smallest absolute Gasteiger partial charge is 0.194 e. The van der Waals surface area contributed by atoms with E-state index in [1.807, 2.05) is 6.92 Å². The van der Waals surface area contributed by atoms with E-state index in [0.29, 0.717) is 6.61 Å². The van der Waals surface area contributed by atoms with Gasteiger partial charge in [0.2, 0.25) is 0 Å². The number of carbonyl (C=O) groups is 1. The number of ketones is 1. The van der Waals surface area contributed by atoms with Gasteiger partial charge in [-0.25, -0.2) is 4.39 Å². The highest BCUT2D eigenvalue weighted by Crippen LogP contribution is 2.22. The van der Waals surface area contributed by atoms with Crippen LogP contribution in [0.5, 0.6) is 5.75 Å². The van der Waals surface area contributed by atoms with E-state index >= 15 is 0 Å². The van der Waals surface area contributed by atoms with Gasteiger partial charge < -0.3 is 9.47 Å². The van der Waals surface area contributed by atoms with Crippen molar-refractivity contribution in [2.45, 2.75) is 26.4 Å². The molecule has 0 aliphatic heterocycles. The first-order chi connectivity index (χ1) is 7.92. The molecule has 0 N–H and O–H groups in total. The van der Waals surface area contributed by atoms with Crippen LogP contribution in [0.25, 0.3) is 0 Å². The van der Waals surface area contributed by atoms with Gasteiger partial charge in [0, 0.05) is 12.2 Å². The molecule has 0 spiro atoms. The van der Waals surface area contributed by atoms with E-state index in [1.54, 1.807) is 13.8 Å². The van der Waals surface area contributed by atoms with Crippen LogP contribution in [0.2, 0.25) is 0 Å². The van der Waals surface area contributed by atoms with Gasteiger partial charge in [-0.05, 0) is 39.0 Å². The Morgan fingerprint density at radius 1 is 1.41 bits per heavy atom. The van der Waals surface area contributed by atoms with Crippen LogP contribution in [0, 0.1) is 5.82 Å². The summed E-state index contributed by atoms with van der Waals surface area (Å²) in [6.07, 6.45) is 0. The van der Waals surface area contributed by atoms with Crippen LogP contribution in [-0.4, -0.2) is 25.1 Å². The third kappa shape index (κ3) is 3.03. The summed E-state index contributed by atoms with van der Waals surface area (Å²) in [6.45, 7) is 5.57. The molecule has 0 fully saturated rings. The highest BCUT2D eigenvalue weighted by Gasteiger charge is 2.29. The molecule has 4 heteroatoms. The van der Waals surface area contributed by atoms with Crippen LogP contribution < -0.4 is 4.74 Å². The number of ether oxygens (including phenoxy) is 2. The maximum absolute atomic E-state index is 13.5. The lowest BCUT2D eigenvalue weighted by molar-refractivity contribution is 0.00123. The summed E-state index contributed by atoms with van der Waals surface area (Å²) in [5, 5.41) is 0. The second kappa shape index (κ2) is 5.27. The fourth-order valence-corrected chi connectivity index (χ4v) is 1.58. The highest BCUT2D eigenvalue weighted by molar-refractivity contribution is 6.02. The zero-order valence-electron chi connectivity index (χ0n) is 10.5. The summed E-state index contributed by atoms with van der Waals surface area (Å²) < 4.78 is 23.6. The minimum atomic E-state index is -0.949. The Morgan fingerprint density at radius 3 is 2.53 bits per heavy atom. The molecular formula is C13H17FO3. The Bertz CT molecular complexity index is 413. The topological polar surface area (TPSA) is 35.5 Å². The van der Waals surface area contributed by atoms with Crippen molar-refractivity contribution in [3.05, 3.63) is 29.6 Å². The number of benzene rings is 1. The summed E-state index contributed by atoms with van der Waals surface area (Å²) in [7, 11) is 1.38. The third-order valence-corrected chi connectivity index (χ3v) is 2.47. The van der Waals surface area contributed by atoms with E-state index in [0.717, 1.165) is 0 Å². The van der Waals surface area contributed by atoms with Crippen molar-refractivity contribution in [3.63, 3.8) is 0 Å². The summed E-state index contributed by atoms with van der Waals surface area (Å²) in [5.41, 5.74) is -0.669. The van der Waals surface area contributed by atoms with Gasteiger partial charge in [-0.3, -0.25) is 4.79 Å². The summed E-state index contributed by atoms with van der Waals surface area (Å²) in [4.78, 5) is 12.1. The van der Waals surface area contributed by atoms with E-state index in [4.69, 9.17) is 9.47 Å². The second-order valence-corrected chi connectivity index (χ2v) is 4.12.